The standard InChI is InChI=1S/C22H30N4OS/c27-21(20-9-6-13-26(20)22-23-10-14-28-22)24-16-18-7-5-8-19(15-18)17-25-11-3-1-2-4-12-25/h5,7-8,10,14-15,20H,1-4,6,9,11-13,16-17H2,(H,24,27)/t20-/m0/s1. The lowest BCUT2D eigenvalue weighted by Crippen LogP contribution is -2.43. The molecule has 0 bridgehead atoms. The molecule has 1 atom stereocenters. The second kappa shape index (κ2) is 9.52. The average molecular weight is 399 g/mol. The molecule has 1 N–H and O–H groups in total. The minimum atomic E-state index is -0.0913. The Morgan fingerprint density at radius 2 is 1.93 bits per heavy atom. The second-order valence-electron chi connectivity index (χ2n) is 7.89. The fourth-order valence-electron chi connectivity index (χ4n) is 4.32. The summed E-state index contributed by atoms with van der Waals surface area (Å²) in [5.41, 5.74) is 2.53. The molecule has 4 rings (SSSR count). The fraction of sp³-hybridized carbons (Fsp3) is 0.545. The molecule has 5 nitrogen and oxygen atoms in total. The minimum absolute atomic E-state index is 0.0913. The van der Waals surface area contributed by atoms with Crippen molar-refractivity contribution in [1.29, 1.82) is 0 Å². The van der Waals surface area contributed by atoms with Gasteiger partial charge in [-0.2, -0.15) is 0 Å². The molecule has 28 heavy (non-hydrogen) atoms. The minimum Gasteiger partial charge on any atom is -0.350 e. The van der Waals surface area contributed by atoms with Crippen LogP contribution in [0, 0.1) is 0 Å². The summed E-state index contributed by atoms with van der Waals surface area (Å²) in [6.45, 7) is 4.93. The monoisotopic (exact) mass is 398 g/mol. The molecule has 1 aromatic carbocycles. The summed E-state index contributed by atoms with van der Waals surface area (Å²) < 4.78 is 0. The smallest absolute Gasteiger partial charge is 0.243 e. The molecule has 0 radical (unpaired) electrons. The number of benzene rings is 1. The van der Waals surface area contributed by atoms with Gasteiger partial charge in [0.05, 0.1) is 0 Å². The third kappa shape index (κ3) is 4.92. The van der Waals surface area contributed by atoms with Crippen LogP contribution in [-0.2, 0) is 17.9 Å². The molecule has 6 heteroatoms. The highest BCUT2D eigenvalue weighted by atomic mass is 32.1. The number of aromatic nitrogens is 1. The van der Waals surface area contributed by atoms with E-state index >= 15 is 0 Å². The lowest BCUT2D eigenvalue weighted by molar-refractivity contribution is -0.122. The van der Waals surface area contributed by atoms with Gasteiger partial charge in [-0.3, -0.25) is 9.69 Å². The first-order valence-electron chi connectivity index (χ1n) is 10.5. The Hall–Kier alpha value is -1.92. The average Bonchev–Trinajstić information content (AvgIpc) is 3.35. The number of amides is 1. The van der Waals surface area contributed by atoms with Crippen molar-refractivity contribution in [2.24, 2.45) is 0 Å². The van der Waals surface area contributed by atoms with Crippen molar-refractivity contribution in [3.05, 3.63) is 47.0 Å². The molecule has 0 saturated carbocycles. The molecule has 0 aliphatic carbocycles. The van der Waals surface area contributed by atoms with E-state index in [1.54, 1.807) is 11.3 Å². The Morgan fingerprint density at radius 1 is 1.11 bits per heavy atom. The van der Waals surface area contributed by atoms with Gasteiger partial charge in [-0.25, -0.2) is 4.98 Å². The Balaban J connectivity index is 1.32. The molecule has 2 saturated heterocycles. The van der Waals surface area contributed by atoms with E-state index in [1.165, 1.54) is 49.9 Å². The van der Waals surface area contributed by atoms with Gasteiger partial charge in [-0.1, -0.05) is 37.1 Å². The zero-order valence-electron chi connectivity index (χ0n) is 16.5. The summed E-state index contributed by atoms with van der Waals surface area (Å²) in [7, 11) is 0. The normalized spacial score (nSPS) is 20.9. The van der Waals surface area contributed by atoms with E-state index in [1.807, 2.05) is 11.6 Å². The van der Waals surface area contributed by atoms with Gasteiger partial charge in [-0.05, 0) is 49.9 Å². The van der Waals surface area contributed by atoms with Crippen LogP contribution in [0.1, 0.15) is 49.7 Å². The van der Waals surface area contributed by atoms with Gasteiger partial charge in [0.2, 0.25) is 5.91 Å². The van der Waals surface area contributed by atoms with Crippen LogP contribution >= 0.6 is 11.3 Å². The quantitative estimate of drug-likeness (QED) is 0.804. The number of hydrogen-bond acceptors (Lipinski definition) is 5. The van der Waals surface area contributed by atoms with E-state index in [9.17, 15) is 4.79 Å². The van der Waals surface area contributed by atoms with Gasteiger partial charge in [-0.15, -0.1) is 11.3 Å². The van der Waals surface area contributed by atoms with Crippen molar-refractivity contribution in [2.45, 2.75) is 57.7 Å². The van der Waals surface area contributed by atoms with E-state index in [4.69, 9.17) is 0 Å². The maximum atomic E-state index is 12.8. The van der Waals surface area contributed by atoms with Crippen molar-refractivity contribution in [2.75, 3.05) is 24.5 Å². The predicted octanol–water partition coefficient (Wildman–Crippen LogP) is 3.80. The van der Waals surface area contributed by atoms with Gasteiger partial charge in [0.1, 0.15) is 6.04 Å². The first-order chi connectivity index (χ1) is 13.8. The van der Waals surface area contributed by atoms with E-state index < -0.39 is 0 Å². The molecule has 2 aliphatic heterocycles. The van der Waals surface area contributed by atoms with Crippen LogP contribution in [-0.4, -0.2) is 41.5 Å². The van der Waals surface area contributed by atoms with Crippen molar-refractivity contribution in [3.8, 4) is 0 Å². The summed E-state index contributed by atoms with van der Waals surface area (Å²) in [6, 6.07) is 8.59. The first-order valence-corrected chi connectivity index (χ1v) is 11.4. The maximum absolute atomic E-state index is 12.8. The number of carbonyl (C=O) groups excluding carboxylic acids is 1. The van der Waals surface area contributed by atoms with Crippen LogP contribution in [0.25, 0.3) is 0 Å². The number of rotatable bonds is 6. The number of carbonyl (C=O) groups is 1. The molecule has 0 unspecified atom stereocenters. The third-order valence-electron chi connectivity index (χ3n) is 5.78. The topological polar surface area (TPSA) is 48.5 Å². The van der Waals surface area contributed by atoms with Gasteiger partial charge >= 0.3 is 0 Å². The SMILES string of the molecule is O=C(NCc1cccc(CN2CCCCCC2)c1)[C@@H]1CCCN1c1nccs1. The Morgan fingerprint density at radius 3 is 2.71 bits per heavy atom. The van der Waals surface area contributed by atoms with Gasteiger partial charge in [0, 0.05) is 31.2 Å². The summed E-state index contributed by atoms with van der Waals surface area (Å²) in [5.74, 6) is 0.116. The summed E-state index contributed by atoms with van der Waals surface area (Å²) >= 11 is 1.61. The largest absolute Gasteiger partial charge is 0.350 e. The van der Waals surface area contributed by atoms with E-state index in [0.717, 1.165) is 31.1 Å². The van der Waals surface area contributed by atoms with Crippen LogP contribution in [0.15, 0.2) is 35.8 Å². The Labute approximate surface area is 171 Å². The molecule has 1 aromatic heterocycles. The molecular formula is C22H30N4OS. The summed E-state index contributed by atoms with van der Waals surface area (Å²) in [4.78, 5) is 21.9. The number of nitrogens with one attached hydrogen (secondary N) is 1. The van der Waals surface area contributed by atoms with Crippen molar-refractivity contribution in [3.63, 3.8) is 0 Å². The molecule has 2 aliphatic rings. The molecular weight excluding hydrogens is 368 g/mol. The molecule has 0 spiro atoms. The van der Waals surface area contributed by atoms with E-state index in [2.05, 4.69) is 44.4 Å². The number of thiazole rings is 1. The van der Waals surface area contributed by atoms with Gasteiger partial charge in [0.15, 0.2) is 5.13 Å². The summed E-state index contributed by atoms with van der Waals surface area (Å²) in [5, 5.41) is 6.08. The lowest BCUT2D eigenvalue weighted by Gasteiger charge is -2.23. The van der Waals surface area contributed by atoms with Crippen LogP contribution in [0.3, 0.4) is 0 Å². The second-order valence-corrected chi connectivity index (χ2v) is 8.77. The lowest BCUT2D eigenvalue weighted by atomic mass is 10.1. The van der Waals surface area contributed by atoms with Gasteiger partial charge < -0.3 is 10.2 Å². The van der Waals surface area contributed by atoms with Crippen molar-refractivity contribution in [1.82, 2.24) is 15.2 Å². The Bertz CT molecular complexity index is 756. The van der Waals surface area contributed by atoms with E-state index in [0.29, 0.717) is 6.54 Å². The first kappa shape index (κ1) is 19.4. The molecule has 2 fully saturated rings. The number of hydrogen-bond donors (Lipinski definition) is 1. The Kier molecular flexibility index (Phi) is 6.60. The maximum Gasteiger partial charge on any atom is 0.243 e. The highest BCUT2D eigenvalue weighted by Gasteiger charge is 2.31. The van der Waals surface area contributed by atoms with Crippen LogP contribution in [0.2, 0.25) is 0 Å². The third-order valence-corrected chi connectivity index (χ3v) is 6.59. The zero-order valence-corrected chi connectivity index (χ0v) is 17.3. The van der Waals surface area contributed by atoms with Crippen LogP contribution in [0.4, 0.5) is 5.13 Å². The number of likely N-dealkylation sites (tertiary alicyclic amines) is 1. The number of anilines is 1. The van der Waals surface area contributed by atoms with Crippen molar-refractivity contribution >= 4 is 22.4 Å². The highest BCUT2D eigenvalue weighted by Crippen LogP contribution is 2.27. The molecule has 1 amide bonds. The zero-order chi connectivity index (χ0) is 19.2. The highest BCUT2D eigenvalue weighted by molar-refractivity contribution is 7.13. The molecule has 150 valence electrons. The predicted molar refractivity (Wildman–Crippen MR) is 115 cm³/mol. The van der Waals surface area contributed by atoms with Gasteiger partial charge in [0.25, 0.3) is 0 Å². The molecule has 2 aromatic rings. The van der Waals surface area contributed by atoms with Crippen molar-refractivity contribution < 1.29 is 4.79 Å². The van der Waals surface area contributed by atoms with Crippen LogP contribution < -0.4 is 10.2 Å². The molecule has 3 heterocycles. The van der Waals surface area contributed by atoms with Crippen LogP contribution in [0.5, 0.6) is 0 Å². The number of nitrogens with zero attached hydrogens (tertiary/aromatic N) is 3. The fourth-order valence-corrected chi connectivity index (χ4v) is 5.04. The van der Waals surface area contributed by atoms with E-state index in [-0.39, 0.29) is 11.9 Å². The summed E-state index contributed by atoms with van der Waals surface area (Å²) in [6.07, 6.45) is 9.11.